The minimum absolute atomic E-state index is 0.102. The van der Waals surface area contributed by atoms with Gasteiger partial charge in [-0.15, -0.1) is 0 Å². The van der Waals surface area contributed by atoms with Crippen LogP contribution in [0.25, 0.3) is 11.3 Å². The summed E-state index contributed by atoms with van der Waals surface area (Å²) in [4.78, 5) is 13.0. The highest BCUT2D eigenvalue weighted by atomic mass is 16.5. The second kappa shape index (κ2) is 7.03. The normalized spacial score (nSPS) is 12.9. The molecule has 1 aliphatic rings. The molecule has 6 heteroatoms. The maximum Gasteiger partial charge on any atom is 0.272 e. The van der Waals surface area contributed by atoms with E-state index >= 15 is 0 Å². The quantitative estimate of drug-likeness (QED) is 0.578. The van der Waals surface area contributed by atoms with Gasteiger partial charge in [0, 0.05) is 24.6 Å². The van der Waals surface area contributed by atoms with Crippen LogP contribution in [-0.2, 0) is 13.5 Å². The third kappa shape index (κ3) is 2.91. The number of nitrogens with one attached hydrogen (secondary N) is 1. The van der Waals surface area contributed by atoms with E-state index in [1.807, 2.05) is 56.4 Å². The summed E-state index contributed by atoms with van der Waals surface area (Å²) in [7, 11) is 5.10. The molecule has 28 heavy (non-hydrogen) atoms. The molecule has 0 fully saturated rings. The van der Waals surface area contributed by atoms with E-state index in [1.54, 1.807) is 18.9 Å². The van der Waals surface area contributed by atoms with E-state index in [4.69, 9.17) is 9.47 Å². The Kier molecular flexibility index (Phi) is 4.55. The van der Waals surface area contributed by atoms with Crippen molar-refractivity contribution in [3.8, 4) is 22.8 Å². The monoisotopic (exact) mass is 377 g/mol. The number of rotatable bonds is 5. The first-order valence-corrected chi connectivity index (χ1v) is 9.20. The Bertz CT molecular complexity index is 1040. The first-order chi connectivity index (χ1) is 13.5. The summed E-state index contributed by atoms with van der Waals surface area (Å²) in [6, 6.07) is 13.7. The van der Waals surface area contributed by atoms with Crippen molar-refractivity contribution < 1.29 is 14.3 Å². The molecule has 3 aromatic rings. The lowest BCUT2D eigenvalue weighted by atomic mass is 10.1. The number of aryl methyl sites for hydroxylation is 1. The second-order valence-electron chi connectivity index (χ2n) is 6.95. The number of methoxy groups -OCH3 is 2. The first kappa shape index (κ1) is 18.1. The molecule has 0 unspecified atom stereocenters. The summed E-state index contributed by atoms with van der Waals surface area (Å²) in [5, 5.41) is 7.57. The molecule has 1 N–H and O–H groups in total. The van der Waals surface area contributed by atoms with Crippen molar-refractivity contribution in [2.45, 2.75) is 19.4 Å². The summed E-state index contributed by atoms with van der Waals surface area (Å²) in [5.74, 6) is 1.18. The van der Waals surface area contributed by atoms with Crippen LogP contribution in [0.1, 0.15) is 40.1 Å². The SMILES string of the molecule is COc1cc2c(cc1OC)-c1c(c(C(=O)N[C@H](C)c3ccccc3)nn1C)C2. The largest absolute Gasteiger partial charge is 0.493 e. The molecular weight excluding hydrogens is 354 g/mol. The lowest BCUT2D eigenvalue weighted by Gasteiger charge is -2.13. The molecule has 0 bridgehead atoms. The zero-order valence-corrected chi connectivity index (χ0v) is 16.4. The number of amides is 1. The average molecular weight is 377 g/mol. The number of carbonyl (C=O) groups is 1. The lowest BCUT2D eigenvalue weighted by molar-refractivity contribution is 0.0933. The van der Waals surface area contributed by atoms with Crippen molar-refractivity contribution in [2.75, 3.05) is 14.2 Å². The zero-order chi connectivity index (χ0) is 19.8. The number of nitrogens with zero attached hydrogens (tertiary/aromatic N) is 2. The minimum atomic E-state index is -0.167. The van der Waals surface area contributed by atoms with E-state index < -0.39 is 0 Å². The van der Waals surface area contributed by atoms with Crippen LogP contribution in [0.15, 0.2) is 42.5 Å². The van der Waals surface area contributed by atoms with Crippen molar-refractivity contribution in [3.63, 3.8) is 0 Å². The number of carbonyl (C=O) groups excluding carboxylic acids is 1. The van der Waals surface area contributed by atoms with Gasteiger partial charge in [0.25, 0.3) is 5.91 Å². The van der Waals surface area contributed by atoms with Gasteiger partial charge in [-0.25, -0.2) is 0 Å². The zero-order valence-electron chi connectivity index (χ0n) is 16.4. The molecular formula is C22H23N3O3. The lowest BCUT2D eigenvalue weighted by Crippen LogP contribution is -2.27. The molecule has 0 saturated carbocycles. The van der Waals surface area contributed by atoms with Gasteiger partial charge < -0.3 is 14.8 Å². The van der Waals surface area contributed by atoms with Crippen LogP contribution in [0.3, 0.4) is 0 Å². The standard InChI is InChI=1S/C22H23N3O3/c1-13(14-8-6-5-7-9-14)23-22(26)20-17-10-15-11-18(27-3)19(28-4)12-16(15)21(17)25(2)24-20/h5-9,11-13H,10H2,1-4H3,(H,23,26)/t13-/m1/s1. The predicted molar refractivity (Wildman–Crippen MR) is 107 cm³/mol. The highest BCUT2D eigenvalue weighted by Crippen LogP contribution is 2.43. The fourth-order valence-corrected chi connectivity index (χ4v) is 3.82. The summed E-state index contributed by atoms with van der Waals surface area (Å²) in [6.45, 7) is 1.97. The molecule has 2 aromatic carbocycles. The highest BCUT2D eigenvalue weighted by Gasteiger charge is 2.31. The van der Waals surface area contributed by atoms with Crippen LogP contribution in [0.5, 0.6) is 11.5 Å². The van der Waals surface area contributed by atoms with Gasteiger partial charge in [0.2, 0.25) is 0 Å². The Hall–Kier alpha value is -3.28. The van der Waals surface area contributed by atoms with Crippen LogP contribution in [0, 0.1) is 0 Å². The van der Waals surface area contributed by atoms with Gasteiger partial charge in [-0.2, -0.15) is 5.10 Å². The van der Waals surface area contributed by atoms with Crippen LogP contribution < -0.4 is 14.8 Å². The van der Waals surface area contributed by atoms with Crippen molar-refractivity contribution in [3.05, 3.63) is 64.8 Å². The molecule has 1 aliphatic carbocycles. The van der Waals surface area contributed by atoms with Crippen LogP contribution in [-0.4, -0.2) is 29.9 Å². The summed E-state index contributed by atoms with van der Waals surface area (Å²) in [6.07, 6.45) is 0.640. The van der Waals surface area contributed by atoms with Gasteiger partial charge in [0.15, 0.2) is 17.2 Å². The molecule has 6 nitrogen and oxygen atoms in total. The van der Waals surface area contributed by atoms with Gasteiger partial charge in [-0.1, -0.05) is 30.3 Å². The Morgan fingerprint density at radius 1 is 1.14 bits per heavy atom. The van der Waals surface area contributed by atoms with Crippen molar-refractivity contribution in [1.29, 1.82) is 0 Å². The smallest absolute Gasteiger partial charge is 0.272 e. The molecule has 0 saturated heterocycles. The molecule has 144 valence electrons. The molecule has 1 aromatic heterocycles. The average Bonchev–Trinajstić information content (AvgIpc) is 3.24. The number of hydrogen-bond donors (Lipinski definition) is 1. The Morgan fingerprint density at radius 2 is 1.82 bits per heavy atom. The molecule has 4 rings (SSSR count). The highest BCUT2D eigenvalue weighted by molar-refractivity contribution is 5.97. The van der Waals surface area contributed by atoms with Crippen LogP contribution in [0.4, 0.5) is 0 Å². The van der Waals surface area contributed by atoms with Gasteiger partial charge in [-0.3, -0.25) is 9.48 Å². The predicted octanol–water partition coefficient (Wildman–Crippen LogP) is 3.50. The number of benzene rings is 2. The van der Waals surface area contributed by atoms with Crippen LogP contribution in [0.2, 0.25) is 0 Å². The fourth-order valence-electron chi connectivity index (χ4n) is 3.82. The Labute approximate surface area is 164 Å². The maximum absolute atomic E-state index is 13.0. The molecule has 1 heterocycles. The van der Waals surface area contributed by atoms with Gasteiger partial charge in [0.1, 0.15) is 0 Å². The molecule has 0 spiro atoms. The topological polar surface area (TPSA) is 65.4 Å². The summed E-state index contributed by atoms with van der Waals surface area (Å²) >= 11 is 0. The minimum Gasteiger partial charge on any atom is -0.493 e. The van der Waals surface area contributed by atoms with E-state index in [2.05, 4.69) is 10.4 Å². The molecule has 0 radical (unpaired) electrons. The van der Waals surface area contributed by atoms with E-state index in [0.717, 1.165) is 27.9 Å². The summed E-state index contributed by atoms with van der Waals surface area (Å²) < 4.78 is 12.6. The van der Waals surface area contributed by atoms with Gasteiger partial charge in [0.05, 0.1) is 26.0 Å². The van der Waals surface area contributed by atoms with Gasteiger partial charge in [-0.05, 0) is 30.2 Å². The number of ether oxygens (including phenoxy) is 2. The van der Waals surface area contributed by atoms with Gasteiger partial charge >= 0.3 is 0 Å². The Morgan fingerprint density at radius 3 is 2.50 bits per heavy atom. The van der Waals surface area contributed by atoms with Crippen molar-refractivity contribution >= 4 is 5.91 Å². The van der Waals surface area contributed by atoms with E-state index in [1.165, 1.54) is 0 Å². The number of aromatic nitrogens is 2. The molecule has 1 amide bonds. The molecule has 1 atom stereocenters. The maximum atomic E-state index is 13.0. The molecule has 0 aliphatic heterocycles. The van der Waals surface area contributed by atoms with E-state index in [0.29, 0.717) is 23.6 Å². The van der Waals surface area contributed by atoms with E-state index in [9.17, 15) is 4.79 Å². The van der Waals surface area contributed by atoms with E-state index in [-0.39, 0.29) is 11.9 Å². The summed E-state index contributed by atoms with van der Waals surface area (Å²) in [5.41, 5.74) is 5.54. The number of hydrogen-bond acceptors (Lipinski definition) is 4. The third-order valence-electron chi connectivity index (χ3n) is 5.24. The fraction of sp³-hybridized carbons (Fsp3) is 0.273. The second-order valence-corrected chi connectivity index (χ2v) is 6.95. The Balaban J connectivity index is 1.67. The van der Waals surface area contributed by atoms with Crippen molar-refractivity contribution in [2.24, 2.45) is 7.05 Å². The first-order valence-electron chi connectivity index (χ1n) is 9.20. The number of fused-ring (bicyclic) bond motifs is 3. The van der Waals surface area contributed by atoms with Crippen molar-refractivity contribution in [1.82, 2.24) is 15.1 Å². The third-order valence-corrected chi connectivity index (χ3v) is 5.24. The van der Waals surface area contributed by atoms with Crippen LogP contribution >= 0.6 is 0 Å².